The number of nitrogens with one attached hydrogen (secondary N) is 1. The van der Waals surface area contributed by atoms with Crippen LogP contribution in [0.4, 0.5) is 0 Å². The molecule has 0 unspecified atom stereocenters. The molecule has 1 fully saturated rings. The summed E-state index contributed by atoms with van der Waals surface area (Å²) in [4.78, 5) is 24.5. The van der Waals surface area contributed by atoms with E-state index in [1.807, 2.05) is 6.92 Å². The molecule has 2 rings (SSSR count). The molecule has 1 aliphatic heterocycles. The van der Waals surface area contributed by atoms with Gasteiger partial charge in [-0.1, -0.05) is 13.3 Å². The molecule has 0 aliphatic carbocycles. The topological polar surface area (TPSA) is 95.5 Å². The number of nitrogens with zero attached hydrogens (tertiary/aromatic N) is 2. The Bertz CT molecular complexity index is 471. The van der Waals surface area contributed by atoms with Gasteiger partial charge in [0, 0.05) is 12.2 Å². The van der Waals surface area contributed by atoms with Gasteiger partial charge in [0.15, 0.2) is 6.10 Å². The average molecular weight is 267 g/mol. The molecule has 2 heterocycles. The molecule has 104 valence electrons. The van der Waals surface area contributed by atoms with Gasteiger partial charge in [-0.15, -0.1) is 0 Å². The summed E-state index contributed by atoms with van der Waals surface area (Å²) < 4.78 is 5.08. The summed E-state index contributed by atoms with van der Waals surface area (Å²) in [6.07, 6.45) is 0.849. The Hall–Kier alpha value is -1.89. The van der Waals surface area contributed by atoms with Crippen molar-refractivity contribution in [1.29, 1.82) is 0 Å². The summed E-state index contributed by atoms with van der Waals surface area (Å²) in [5, 5.41) is 15.7. The maximum Gasteiger partial charge on any atom is 0.334 e. The van der Waals surface area contributed by atoms with Gasteiger partial charge >= 0.3 is 5.97 Å². The highest BCUT2D eigenvalue weighted by Crippen LogP contribution is 2.11. The van der Waals surface area contributed by atoms with Crippen molar-refractivity contribution < 1.29 is 19.4 Å². The molecule has 0 spiro atoms. The zero-order valence-electron chi connectivity index (χ0n) is 10.8. The van der Waals surface area contributed by atoms with Crippen LogP contribution in [0.1, 0.15) is 29.5 Å². The standard InChI is InChI=1S/C12H17N3O4/c1-2-3-8-6-9(14-13-8)11(16)15-4-5-19-10(7-15)12(17)18/h6,10H,2-5,7H2,1H3,(H,13,14)(H,17,18)/t10-/m1/s1. The molecular weight excluding hydrogens is 250 g/mol. The van der Waals surface area contributed by atoms with Crippen LogP contribution in [0.3, 0.4) is 0 Å². The van der Waals surface area contributed by atoms with Gasteiger partial charge in [0.2, 0.25) is 0 Å². The highest BCUT2D eigenvalue weighted by atomic mass is 16.5. The lowest BCUT2D eigenvalue weighted by molar-refractivity contribution is -0.154. The van der Waals surface area contributed by atoms with Gasteiger partial charge in [0.1, 0.15) is 5.69 Å². The van der Waals surface area contributed by atoms with Gasteiger partial charge < -0.3 is 14.7 Å². The summed E-state index contributed by atoms with van der Waals surface area (Å²) in [5.74, 6) is -1.31. The number of hydrogen-bond acceptors (Lipinski definition) is 4. The molecule has 0 radical (unpaired) electrons. The quantitative estimate of drug-likeness (QED) is 0.817. The number of rotatable bonds is 4. The van der Waals surface area contributed by atoms with Crippen molar-refractivity contribution in [1.82, 2.24) is 15.1 Å². The second-order valence-electron chi connectivity index (χ2n) is 4.48. The molecule has 1 amide bonds. The number of amides is 1. The average Bonchev–Trinajstić information content (AvgIpc) is 2.87. The van der Waals surface area contributed by atoms with E-state index in [9.17, 15) is 9.59 Å². The monoisotopic (exact) mass is 267 g/mol. The maximum absolute atomic E-state index is 12.2. The van der Waals surface area contributed by atoms with E-state index in [1.165, 1.54) is 4.90 Å². The first-order chi connectivity index (χ1) is 9.11. The Kier molecular flexibility index (Phi) is 4.16. The first-order valence-electron chi connectivity index (χ1n) is 6.29. The zero-order valence-corrected chi connectivity index (χ0v) is 10.8. The lowest BCUT2D eigenvalue weighted by Gasteiger charge is -2.30. The lowest BCUT2D eigenvalue weighted by atomic mass is 10.2. The molecule has 0 saturated carbocycles. The van der Waals surface area contributed by atoms with Crippen LogP contribution in [0.25, 0.3) is 0 Å². The van der Waals surface area contributed by atoms with Crippen LogP contribution >= 0.6 is 0 Å². The van der Waals surface area contributed by atoms with Crippen LogP contribution in [0, 0.1) is 0 Å². The molecule has 19 heavy (non-hydrogen) atoms. The molecule has 7 heteroatoms. The smallest absolute Gasteiger partial charge is 0.334 e. The summed E-state index contributed by atoms with van der Waals surface area (Å²) in [6.45, 7) is 2.72. The second-order valence-corrected chi connectivity index (χ2v) is 4.48. The molecule has 1 aromatic rings. The van der Waals surface area contributed by atoms with Crippen molar-refractivity contribution in [3.63, 3.8) is 0 Å². The third kappa shape index (κ3) is 3.11. The number of carbonyl (C=O) groups is 2. The highest BCUT2D eigenvalue weighted by molar-refractivity contribution is 5.92. The fourth-order valence-electron chi connectivity index (χ4n) is 2.01. The zero-order chi connectivity index (χ0) is 13.8. The molecule has 1 atom stereocenters. The number of hydrogen-bond donors (Lipinski definition) is 2. The van der Waals surface area contributed by atoms with E-state index in [2.05, 4.69) is 10.2 Å². The summed E-state index contributed by atoms with van der Waals surface area (Å²) in [5.41, 5.74) is 1.24. The van der Waals surface area contributed by atoms with Crippen molar-refractivity contribution in [3.8, 4) is 0 Å². The van der Waals surface area contributed by atoms with Gasteiger partial charge in [-0.05, 0) is 12.5 Å². The summed E-state index contributed by atoms with van der Waals surface area (Å²) in [7, 11) is 0. The number of aliphatic carboxylic acids is 1. The minimum absolute atomic E-state index is 0.0597. The van der Waals surface area contributed by atoms with E-state index in [4.69, 9.17) is 9.84 Å². The number of aryl methyl sites for hydroxylation is 1. The molecular formula is C12H17N3O4. The summed E-state index contributed by atoms with van der Waals surface area (Å²) >= 11 is 0. The largest absolute Gasteiger partial charge is 0.479 e. The SMILES string of the molecule is CCCc1cc(C(=O)N2CCO[C@@H](C(=O)O)C2)n[nH]1. The first-order valence-corrected chi connectivity index (χ1v) is 6.29. The third-order valence-electron chi connectivity index (χ3n) is 3.00. The van der Waals surface area contributed by atoms with Crippen LogP contribution in [0.15, 0.2) is 6.07 Å². The molecule has 2 N–H and O–H groups in total. The van der Waals surface area contributed by atoms with Crippen LogP contribution in [-0.2, 0) is 16.0 Å². The van der Waals surface area contributed by atoms with E-state index < -0.39 is 12.1 Å². The summed E-state index contributed by atoms with van der Waals surface area (Å²) in [6, 6.07) is 1.72. The number of H-pyrrole nitrogens is 1. The van der Waals surface area contributed by atoms with Crippen molar-refractivity contribution in [2.45, 2.75) is 25.9 Å². The molecule has 1 aliphatic rings. The van der Waals surface area contributed by atoms with E-state index in [0.29, 0.717) is 12.2 Å². The van der Waals surface area contributed by atoms with Crippen molar-refractivity contribution >= 4 is 11.9 Å². The van der Waals surface area contributed by atoms with E-state index in [-0.39, 0.29) is 19.1 Å². The number of aromatic amines is 1. The normalized spacial score (nSPS) is 19.4. The Morgan fingerprint density at radius 3 is 3.11 bits per heavy atom. The van der Waals surface area contributed by atoms with Gasteiger partial charge in [0.05, 0.1) is 13.2 Å². The van der Waals surface area contributed by atoms with Crippen molar-refractivity contribution in [2.24, 2.45) is 0 Å². The van der Waals surface area contributed by atoms with Gasteiger partial charge in [-0.25, -0.2) is 4.79 Å². The minimum Gasteiger partial charge on any atom is -0.479 e. The van der Waals surface area contributed by atoms with Crippen LogP contribution < -0.4 is 0 Å². The maximum atomic E-state index is 12.2. The fourth-order valence-corrected chi connectivity index (χ4v) is 2.01. The van der Waals surface area contributed by atoms with Crippen molar-refractivity contribution in [3.05, 3.63) is 17.5 Å². The number of ether oxygens (including phenoxy) is 1. The molecule has 1 aromatic heterocycles. The number of carboxylic acid groups (broad SMARTS) is 1. The fraction of sp³-hybridized carbons (Fsp3) is 0.583. The first kappa shape index (κ1) is 13.5. The predicted octanol–water partition coefficient (Wildman–Crippen LogP) is 0.288. The van der Waals surface area contributed by atoms with Crippen LogP contribution in [0.2, 0.25) is 0 Å². The molecule has 0 aromatic carbocycles. The number of aromatic nitrogens is 2. The minimum atomic E-state index is -1.05. The van der Waals surface area contributed by atoms with Crippen molar-refractivity contribution in [2.75, 3.05) is 19.7 Å². The van der Waals surface area contributed by atoms with Gasteiger partial charge in [0.25, 0.3) is 5.91 Å². The van der Waals surface area contributed by atoms with Gasteiger partial charge in [-0.3, -0.25) is 9.89 Å². The van der Waals surface area contributed by atoms with E-state index >= 15 is 0 Å². The number of morpholine rings is 1. The Morgan fingerprint density at radius 2 is 2.42 bits per heavy atom. The molecule has 7 nitrogen and oxygen atoms in total. The number of carboxylic acids is 1. The van der Waals surface area contributed by atoms with E-state index in [1.54, 1.807) is 6.07 Å². The Balaban J connectivity index is 2.03. The Labute approximate surface area is 110 Å². The second kappa shape index (κ2) is 5.83. The molecule has 0 bridgehead atoms. The number of carbonyl (C=O) groups excluding carboxylic acids is 1. The van der Waals surface area contributed by atoms with Gasteiger partial charge in [-0.2, -0.15) is 5.10 Å². The third-order valence-corrected chi connectivity index (χ3v) is 3.00. The lowest BCUT2D eigenvalue weighted by Crippen LogP contribution is -2.48. The predicted molar refractivity (Wildman–Crippen MR) is 65.9 cm³/mol. The highest BCUT2D eigenvalue weighted by Gasteiger charge is 2.30. The van der Waals surface area contributed by atoms with E-state index in [0.717, 1.165) is 18.5 Å². The van der Waals surface area contributed by atoms with Crippen LogP contribution in [-0.4, -0.2) is 57.9 Å². The molecule has 1 saturated heterocycles. The van der Waals surface area contributed by atoms with Crippen LogP contribution in [0.5, 0.6) is 0 Å². The Morgan fingerprint density at radius 1 is 1.63 bits per heavy atom.